The monoisotopic (exact) mass is 337 g/mol. The van der Waals surface area contributed by atoms with Gasteiger partial charge in [0.2, 0.25) is 5.91 Å². The fourth-order valence-electron chi connectivity index (χ4n) is 3.21. The Morgan fingerprint density at radius 2 is 1.91 bits per heavy atom. The Bertz CT molecular complexity index is 585. The van der Waals surface area contributed by atoms with E-state index in [4.69, 9.17) is 16.7 Å². The third kappa shape index (κ3) is 4.47. The highest BCUT2D eigenvalue weighted by atomic mass is 35.5. The van der Waals surface area contributed by atoms with Crippen molar-refractivity contribution in [2.24, 2.45) is 11.8 Å². The van der Waals surface area contributed by atoms with Crippen LogP contribution in [0.3, 0.4) is 0 Å². The van der Waals surface area contributed by atoms with Gasteiger partial charge >= 0.3 is 5.97 Å². The summed E-state index contributed by atoms with van der Waals surface area (Å²) in [6, 6.07) is 7.63. The molecular formula is C18H24ClNO3. The molecule has 23 heavy (non-hydrogen) atoms. The van der Waals surface area contributed by atoms with Crippen LogP contribution in [0.2, 0.25) is 5.02 Å². The minimum atomic E-state index is -0.793. The Morgan fingerprint density at radius 3 is 2.57 bits per heavy atom. The first kappa shape index (κ1) is 17.8. The standard InChI is InChI=1S/C18H24ClNO3/c1-18(2,14-8-3-4-9-15(14)19)11-20-16(21)12-6-5-7-13(10-12)17(22)23/h3-4,8-9,12-13H,5-7,10-11H2,1-2H3,(H,20,21)(H,22,23). The third-order valence-electron chi connectivity index (χ3n) is 4.70. The van der Waals surface area contributed by atoms with Gasteiger partial charge in [-0.15, -0.1) is 0 Å². The second kappa shape index (κ2) is 7.35. The zero-order valence-electron chi connectivity index (χ0n) is 13.6. The Hall–Kier alpha value is -1.55. The number of rotatable bonds is 5. The van der Waals surface area contributed by atoms with Crippen molar-refractivity contribution in [2.75, 3.05) is 6.54 Å². The van der Waals surface area contributed by atoms with Crippen LogP contribution < -0.4 is 5.32 Å². The molecule has 0 bridgehead atoms. The van der Waals surface area contributed by atoms with Crippen LogP contribution in [0.15, 0.2) is 24.3 Å². The lowest BCUT2D eigenvalue weighted by Crippen LogP contribution is -2.41. The van der Waals surface area contributed by atoms with Crippen molar-refractivity contribution in [3.05, 3.63) is 34.9 Å². The molecule has 1 aliphatic carbocycles. The van der Waals surface area contributed by atoms with E-state index in [-0.39, 0.29) is 17.2 Å². The third-order valence-corrected chi connectivity index (χ3v) is 5.03. The number of aliphatic carboxylic acids is 1. The average molecular weight is 338 g/mol. The smallest absolute Gasteiger partial charge is 0.306 e. The number of hydrogen-bond acceptors (Lipinski definition) is 2. The molecule has 2 N–H and O–H groups in total. The van der Waals surface area contributed by atoms with Gasteiger partial charge in [-0.1, -0.05) is 50.1 Å². The van der Waals surface area contributed by atoms with Crippen LogP contribution in [0, 0.1) is 11.8 Å². The normalized spacial score (nSPS) is 21.7. The van der Waals surface area contributed by atoms with Gasteiger partial charge in [0.1, 0.15) is 0 Å². The molecule has 2 unspecified atom stereocenters. The Labute approximate surface area is 142 Å². The van der Waals surface area contributed by atoms with Crippen LogP contribution in [0.5, 0.6) is 0 Å². The lowest BCUT2D eigenvalue weighted by molar-refractivity contribution is -0.144. The molecule has 1 amide bonds. The van der Waals surface area contributed by atoms with Crippen LogP contribution >= 0.6 is 11.6 Å². The molecule has 1 aromatic carbocycles. The summed E-state index contributed by atoms with van der Waals surface area (Å²) in [5, 5.41) is 12.8. The molecule has 1 aromatic rings. The van der Waals surface area contributed by atoms with Crippen LogP contribution in [-0.2, 0) is 15.0 Å². The van der Waals surface area contributed by atoms with Crippen molar-refractivity contribution in [2.45, 2.75) is 44.9 Å². The van der Waals surface area contributed by atoms with E-state index in [1.807, 2.05) is 38.1 Å². The largest absolute Gasteiger partial charge is 0.481 e. The summed E-state index contributed by atoms with van der Waals surface area (Å²) >= 11 is 6.25. The van der Waals surface area contributed by atoms with E-state index in [2.05, 4.69) is 5.32 Å². The van der Waals surface area contributed by atoms with E-state index >= 15 is 0 Å². The molecule has 0 radical (unpaired) electrons. The average Bonchev–Trinajstić information content (AvgIpc) is 2.53. The van der Waals surface area contributed by atoms with Crippen molar-refractivity contribution >= 4 is 23.5 Å². The highest BCUT2D eigenvalue weighted by Crippen LogP contribution is 2.31. The molecule has 0 saturated heterocycles. The van der Waals surface area contributed by atoms with Gasteiger partial charge in [-0.3, -0.25) is 9.59 Å². The van der Waals surface area contributed by atoms with Gasteiger partial charge in [-0.25, -0.2) is 0 Å². The van der Waals surface area contributed by atoms with E-state index in [0.29, 0.717) is 24.4 Å². The van der Waals surface area contributed by atoms with Gasteiger partial charge in [-0.05, 0) is 30.9 Å². The van der Waals surface area contributed by atoms with E-state index in [1.54, 1.807) is 0 Å². The number of carbonyl (C=O) groups excluding carboxylic acids is 1. The molecular weight excluding hydrogens is 314 g/mol. The van der Waals surface area contributed by atoms with Gasteiger partial charge in [-0.2, -0.15) is 0 Å². The molecule has 0 aromatic heterocycles. The quantitative estimate of drug-likeness (QED) is 0.862. The van der Waals surface area contributed by atoms with Crippen molar-refractivity contribution in [3.63, 3.8) is 0 Å². The zero-order valence-corrected chi connectivity index (χ0v) is 14.4. The summed E-state index contributed by atoms with van der Waals surface area (Å²) < 4.78 is 0. The van der Waals surface area contributed by atoms with E-state index in [0.717, 1.165) is 18.4 Å². The Morgan fingerprint density at radius 1 is 1.26 bits per heavy atom. The Kier molecular flexibility index (Phi) is 5.69. The summed E-state index contributed by atoms with van der Waals surface area (Å²) in [6.45, 7) is 4.55. The number of carbonyl (C=O) groups is 2. The molecule has 0 aliphatic heterocycles. The van der Waals surface area contributed by atoms with Crippen molar-refractivity contribution in [1.82, 2.24) is 5.32 Å². The van der Waals surface area contributed by atoms with E-state index in [1.165, 1.54) is 0 Å². The Balaban J connectivity index is 1.96. The van der Waals surface area contributed by atoms with Crippen molar-refractivity contribution in [1.29, 1.82) is 0 Å². The highest BCUT2D eigenvalue weighted by Gasteiger charge is 2.32. The minimum absolute atomic E-state index is 0.0453. The second-order valence-corrected chi connectivity index (χ2v) is 7.39. The van der Waals surface area contributed by atoms with Crippen molar-refractivity contribution < 1.29 is 14.7 Å². The van der Waals surface area contributed by atoms with Crippen LogP contribution in [0.25, 0.3) is 0 Å². The first-order valence-electron chi connectivity index (χ1n) is 8.07. The van der Waals surface area contributed by atoms with Gasteiger partial charge in [0.25, 0.3) is 0 Å². The second-order valence-electron chi connectivity index (χ2n) is 6.98. The molecule has 5 heteroatoms. The zero-order chi connectivity index (χ0) is 17.0. The first-order valence-corrected chi connectivity index (χ1v) is 8.44. The van der Waals surface area contributed by atoms with Crippen LogP contribution in [-0.4, -0.2) is 23.5 Å². The number of hydrogen-bond donors (Lipinski definition) is 2. The maximum absolute atomic E-state index is 12.4. The van der Waals surface area contributed by atoms with Gasteiger partial charge < -0.3 is 10.4 Å². The highest BCUT2D eigenvalue weighted by molar-refractivity contribution is 6.31. The van der Waals surface area contributed by atoms with Crippen LogP contribution in [0.1, 0.15) is 45.1 Å². The molecule has 4 nitrogen and oxygen atoms in total. The predicted octanol–water partition coefficient (Wildman–Crippen LogP) is 3.62. The van der Waals surface area contributed by atoms with Crippen molar-refractivity contribution in [3.8, 4) is 0 Å². The predicted molar refractivity (Wildman–Crippen MR) is 90.6 cm³/mol. The molecule has 0 spiro atoms. The number of halogens is 1. The summed E-state index contributed by atoms with van der Waals surface area (Å²) in [5.74, 6) is -1.43. The molecule has 2 atom stereocenters. The molecule has 0 heterocycles. The SMILES string of the molecule is CC(C)(CNC(=O)C1CCCC(C(=O)O)C1)c1ccccc1Cl. The topological polar surface area (TPSA) is 66.4 Å². The van der Waals surface area contributed by atoms with Crippen LogP contribution in [0.4, 0.5) is 0 Å². The van der Waals surface area contributed by atoms with E-state index < -0.39 is 11.9 Å². The molecule has 1 fully saturated rings. The number of carboxylic acids is 1. The van der Waals surface area contributed by atoms with Gasteiger partial charge in [0, 0.05) is 22.9 Å². The lowest BCUT2D eigenvalue weighted by Gasteiger charge is -2.30. The molecule has 1 aliphatic rings. The minimum Gasteiger partial charge on any atom is -0.481 e. The summed E-state index contributed by atoms with van der Waals surface area (Å²) in [5.41, 5.74) is 0.712. The van der Waals surface area contributed by atoms with Gasteiger partial charge in [0.15, 0.2) is 0 Å². The molecule has 1 saturated carbocycles. The molecule has 2 rings (SSSR count). The maximum Gasteiger partial charge on any atom is 0.306 e. The van der Waals surface area contributed by atoms with E-state index in [9.17, 15) is 9.59 Å². The summed E-state index contributed by atoms with van der Waals surface area (Å²) in [7, 11) is 0. The molecule has 126 valence electrons. The fraction of sp³-hybridized carbons (Fsp3) is 0.556. The maximum atomic E-state index is 12.4. The number of carboxylic acid groups (broad SMARTS) is 1. The number of amides is 1. The first-order chi connectivity index (χ1) is 10.8. The number of benzene rings is 1. The summed E-state index contributed by atoms with van der Waals surface area (Å²) in [4.78, 5) is 23.5. The lowest BCUT2D eigenvalue weighted by atomic mass is 9.80. The fourth-order valence-corrected chi connectivity index (χ4v) is 3.60. The summed E-state index contributed by atoms with van der Waals surface area (Å²) in [6.07, 6.45) is 2.67. The van der Waals surface area contributed by atoms with Gasteiger partial charge in [0.05, 0.1) is 5.92 Å². The number of nitrogens with one attached hydrogen (secondary N) is 1.